The predicted molar refractivity (Wildman–Crippen MR) is 94.1 cm³/mol. The third kappa shape index (κ3) is 4.19. The summed E-state index contributed by atoms with van der Waals surface area (Å²) in [6.07, 6.45) is 1.64. The summed E-state index contributed by atoms with van der Waals surface area (Å²) in [5.41, 5.74) is 1.49. The highest BCUT2D eigenvalue weighted by atomic mass is 16.6. The van der Waals surface area contributed by atoms with Crippen LogP contribution in [0.4, 0.5) is 4.79 Å². The van der Waals surface area contributed by atoms with E-state index >= 15 is 0 Å². The highest BCUT2D eigenvalue weighted by Crippen LogP contribution is 2.29. The van der Waals surface area contributed by atoms with Crippen LogP contribution in [0.1, 0.15) is 48.7 Å². The zero-order valence-corrected chi connectivity index (χ0v) is 15.0. The summed E-state index contributed by atoms with van der Waals surface area (Å²) >= 11 is 0. The van der Waals surface area contributed by atoms with E-state index in [0.29, 0.717) is 11.3 Å². The number of Topliss-reactive ketones (excluding diaryl/α,β-unsaturated/α-hetero) is 1. The molecule has 0 bridgehead atoms. The minimum absolute atomic E-state index is 0.102. The fourth-order valence-corrected chi connectivity index (χ4v) is 3.41. The minimum Gasteiger partial charge on any atom is -0.409 e. The van der Waals surface area contributed by atoms with Crippen LogP contribution < -0.4 is 4.74 Å². The molecule has 0 radical (unpaired) electrons. The van der Waals surface area contributed by atoms with Crippen LogP contribution in [0, 0.1) is 0 Å². The average molecular weight is 346 g/mol. The van der Waals surface area contributed by atoms with Crippen LogP contribution in [-0.2, 0) is 4.74 Å². The number of ketones is 1. The van der Waals surface area contributed by atoms with Crippen LogP contribution in [0.5, 0.6) is 5.75 Å². The van der Waals surface area contributed by atoms with E-state index in [1.807, 2.05) is 12.1 Å². The number of amides is 1. The molecule has 2 aliphatic heterocycles. The van der Waals surface area contributed by atoms with Crippen LogP contribution in [0.25, 0.3) is 0 Å². The molecule has 136 valence electrons. The highest BCUT2D eigenvalue weighted by molar-refractivity contribution is 5.97. The number of hydrogen-bond acceptors (Lipinski definition) is 5. The number of morpholine rings is 1. The van der Waals surface area contributed by atoms with Gasteiger partial charge in [0.2, 0.25) is 0 Å². The van der Waals surface area contributed by atoms with Crippen LogP contribution >= 0.6 is 0 Å². The normalized spacial score (nSPS) is 19.7. The molecule has 0 aliphatic carbocycles. The van der Waals surface area contributed by atoms with Crippen molar-refractivity contribution < 1.29 is 19.1 Å². The number of rotatable bonds is 4. The van der Waals surface area contributed by atoms with Gasteiger partial charge in [-0.2, -0.15) is 0 Å². The van der Waals surface area contributed by atoms with E-state index in [9.17, 15) is 9.59 Å². The molecule has 1 aromatic rings. The van der Waals surface area contributed by atoms with Gasteiger partial charge in [0.25, 0.3) is 0 Å². The first kappa shape index (κ1) is 17.9. The Kier molecular flexibility index (Phi) is 5.71. The second kappa shape index (κ2) is 7.97. The first-order valence-electron chi connectivity index (χ1n) is 8.99. The summed E-state index contributed by atoms with van der Waals surface area (Å²) in [5.74, 6) is 0.261. The molecular formula is C19H26N2O4. The summed E-state index contributed by atoms with van der Waals surface area (Å²) in [7, 11) is 0. The molecule has 6 nitrogen and oxygen atoms in total. The van der Waals surface area contributed by atoms with Crippen molar-refractivity contribution in [2.24, 2.45) is 0 Å². The molecule has 25 heavy (non-hydrogen) atoms. The summed E-state index contributed by atoms with van der Waals surface area (Å²) in [6.45, 7) is 8.26. The van der Waals surface area contributed by atoms with Crippen LogP contribution in [-0.4, -0.2) is 61.1 Å². The van der Waals surface area contributed by atoms with Crippen molar-refractivity contribution in [3.63, 3.8) is 0 Å². The van der Waals surface area contributed by atoms with Crippen molar-refractivity contribution in [2.75, 3.05) is 39.4 Å². The van der Waals surface area contributed by atoms with E-state index in [2.05, 4.69) is 11.8 Å². The number of likely N-dealkylation sites (tertiary alicyclic amines) is 1. The second-order valence-electron chi connectivity index (χ2n) is 6.70. The number of carbonyl (C=O) groups is 2. The smallest absolute Gasteiger partial charge is 0.409 e. The lowest BCUT2D eigenvalue weighted by Crippen LogP contribution is -2.38. The predicted octanol–water partition coefficient (Wildman–Crippen LogP) is 2.88. The zero-order valence-electron chi connectivity index (χ0n) is 15.0. The number of hydrogen-bond donors (Lipinski definition) is 0. The molecule has 1 atom stereocenters. The van der Waals surface area contributed by atoms with Gasteiger partial charge < -0.3 is 14.4 Å². The maximum Gasteiger partial charge on any atom is 0.415 e. The van der Waals surface area contributed by atoms with Crippen molar-refractivity contribution >= 4 is 11.9 Å². The topological polar surface area (TPSA) is 59.1 Å². The van der Waals surface area contributed by atoms with Crippen LogP contribution in [0.2, 0.25) is 0 Å². The van der Waals surface area contributed by atoms with Gasteiger partial charge in [0.15, 0.2) is 5.78 Å². The first-order chi connectivity index (χ1) is 12.1. The number of benzene rings is 1. The SMILES string of the molecule is CC(=O)c1ccc(C(C)N2CCOCC2)cc1OC(=O)N1CCCC1. The summed E-state index contributed by atoms with van der Waals surface area (Å²) in [4.78, 5) is 28.3. The lowest BCUT2D eigenvalue weighted by atomic mass is 10.0. The molecule has 2 heterocycles. The molecule has 6 heteroatoms. The Bertz CT molecular complexity index is 634. The van der Waals surface area contributed by atoms with Gasteiger partial charge in [-0.25, -0.2) is 4.79 Å². The fraction of sp³-hybridized carbons (Fsp3) is 0.579. The molecule has 1 unspecified atom stereocenters. The van der Waals surface area contributed by atoms with Gasteiger partial charge in [-0.05, 0) is 44.4 Å². The van der Waals surface area contributed by atoms with Crippen molar-refractivity contribution in [3.05, 3.63) is 29.3 Å². The quantitative estimate of drug-likeness (QED) is 0.785. The lowest BCUT2D eigenvalue weighted by molar-refractivity contribution is 0.0198. The monoisotopic (exact) mass is 346 g/mol. The molecule has 0 spiro atoms. The van der Waals surface area contributed by atoms with Crippen molar-refractivity contribution in [1.29, 1.82) is 0 Å². The number of nitrogens with zero attached hydrogens (tertiary/aromatic N) is 2. The molecule has 2 fully saturated rings. The maximum atomic E-state index is 12.3. The summed E-state index contributed by atoms with van der Waals surface area (Å²) in [6, 6.07) is 5.73. The molecular weight excluding hydrogens is 320 g/mol. The number of carbonyl (C=O) groups excluding carboxylic acids is 2. The minimum atomic E-state index is -0.365. The van der Waals surface area contributed by atoms with Crippen LogP contribution in [0.15, 0.2) is 18.2 Å². The highest BCUT2D eigenvalue weighted by Gasteiger charge is 2.24. The third-order valence-electron chi connectivity index (χ3n) is 5.02. The lowest BCUT2D eigenvalue weighted by Gasteiger charge is -2.32. The first-order valence-corrected chi connectivity index (χ1v) is 8.99. The summed E-state index contributed by atoms with van der Waals surface area (Å²) < 4.78 is 11.0. The molecule has 1 amide bonds. The van der Waals surface area contributed by atoms with Gasteiger partial charge in [-0.3, -0.25) is 9.69 Å². The Labute approximate surface area is 148 Å². The van der Waals surface area contributed by atoms with Gasteiger partial charge in [-0.15, -0.1) is 0 Å². The van der Waals surface area contributed by atoms with E-state index in [0.717, 1.165) is 57.8 Å². The Morgan fingerprint density at radius 1 is 1.12 bits per heavy atom. The van der Waals surface area contributed by atoms with Gasteiger partial charge in [0.05, 0.1) is 18.8 Å². The maximum absolute atomic E-state index is 12.3. The zero-order chi connectivity index (χ0) is 17.8. The van der Waals surface area contributed by atoms with Crippen molar-refractivity contribution in [2.45, 2.75) is 32.7 Å². The van der Waals surface area contributed by atoms with E-state index in [4.69, 9.17) is 9.47 Å². The van der Waals surface area contributed by atoms with Gasteiger partial charge >= 0.3 is 6.09 Å². The molecule has 2 saturated heterocycles. The van der Waals surface area contributed by atoms with Gasteiger partial charge in [-0.1, -0.05) is 6.07 Å². The Morgan fingerprint density at radius 2 is 1.80 bits per heavy atom. The van der Waals surface area contributed by atoms with Crippen molar-refractivity contribution in [3.8, 4) is 5.75 Å². The van der Waals surface area contributed by atoms with Gasteiger partial charge in [0, 0.05) is 32.2 Å². The molecule has 3 rings (SSSR count). The molecule has 0 aromatic heterocycles. The van der Waals surface area contributed by atoms with E-state index in [1.165, 1.54) is 6.92 Å². The average Bonchev–Trinajstić information content (AvgIpc) is 3.16. The molecule has 2 aliphatic rings. The Hall–Kier alpha value is -1.92. The molecule has 1 aromatic carbocycles. The Balaban J connectivity index is 1.81. The van der Waals surface area contributed by atoms with E-state index in [1.54, 1.807) is 11.0 Å². The third-order valence-corrected chi connectivity index (χ3v) is 5.02. The molecule has 0 N–H and O–H groups in total. The largest absolute Gasteiger partial charge is 0.415 e. The second-order valence-corrected chi connectivity index (χ2v) is 6.70. The van der Waals surface area contributed by atoms with Crippen molar-refractivity contribution in [1.82, 2.24) is 9.80 Å². The fourth-order valence-electron chi connectivity index (χ4n) is 3.41. The Morgan fingerprint density at radius 3 is 2.44 bits per heavy atom. The molecule has 0 saturated carbocycles. The van der Waals surface area contributed by atoms with E-state index in [-0.39, 0.29) is 17.9 Å². The van der Waals surface area contributed by atoms with E-state index < -0.39 is 0 Å². The number of ether oxygens (including phenoxy) is 2. The van der Waals surface area contributed by atoms with Gasteiger partial charge in [0.1, 0.15) is 5.75 Å². The summed E-state index contributed by atoms with van der Waals surface area (Å²) in [5, 5.41) is 0. The standard InChI is InChI=1S/C19H26N2O4/c1-14(20-9-11-24-12-10-20)16-5-6-17(15(2)22)18(13-16)25-19(23)21-7-3-4-8-21/h5-6,13-14H,3-4,7-12H2,1-2H3. The van der Waals surface area contributed by atoms with Crippen LogP contribution in [0.3, 0.4) is 0 Å².